The molecule has 1 heterocycles. The topological polar surface area (TPSA) is 56.1 Å². The molecule has 2 aromatic carbocycles. The van der Waals surface area contributed by atoms with Crippen LogP contribution >= 0.6 is 11.6 Å². The first-order valence-corrected chi connectivity index (χ1v) is 8.79. The molecule has 0 aliphatic heterocycles. The van der Waals surface area contributed by atoms with Gasteiger partial charge in [-0.15, -0.1) is 0 Å². The lowest BCUT2D eigenvalue weighted by Gasteiger charge is -2.15. The fraction of sp³-hybridized carbons (Fsp3) is 0.200. The molecule has 0 radical (unpaired) electrons. The van der Waals surface area contributed by atoms with Crippen molar-refractivity contribution in [3.05, 3.63) is 76.8 Å². The number of halogens is 2. The summed E-state index contributed by atoms with van der Waals surface area (Å²) in [5, 5.41) is 7.60. The zero-order chi connectivity index (χ0) is 19.4. The number of nitrogens with one attached hydrogen (secondary N) is 1. The van der Waals surface area contributed by atoms with Crippen LogP contribution in [0.4, 0.5) is 10.1 Å². The number of anilines is 1. The van der Waals surface area contributed by atoms with Gasteiger partial charge >= 0.3 is 0 Å². The van der Waals surface area contributed by atoms with E-state index in [1.165, 1.54) is 12.1 Å². The molecule has 5 nitrogen and oxygen atoms in total. The molecule has 3 aromatic rings. The Balaban J connectivity index is 1.59. The van der Waals surface area contributed by atoms with E-state index >= 15 is 0 Å². The number of rotatable bonds is 6. The van der Waals surface area contributed by atoms with Crippen LogP contribution in [0.25, 0.3) is 0 Å². The summed E-state index contributed by atoms with van der Waals surface area (Å²) < 4.78 is 20.3. The van der Waals surface area contributed by atoms with Crippen molar-refractivity contribution in [1.29, 1.82) is 0 Å². The summed E-state index contributed by atoms with van der Waals surface area (Å²) in [6, 6.07) is 11.4. The minimum atomic E-state index is -0.690. The van der Waals surface area contributed by atoms with Crippen LogP contribution in [-0.4, -0.2) is 21.8 Å². The van der Waals surface area contributed by atoms with E-state index in [1.54, 1.807) is 54.3 Å². The van der Waals surface area contributed by atoms with Crippen molar-refractivity contribution in [2.75, 3.05) is 5.32 Å². The fourth-order valence-corrected chi connectivity index (χ4v) is 2.75. The van der Waals surface area contributed by atoms with Gasteiger partial charge in [-0.1, -0.05) is 23.7 Å². The highest BCUT2D eigenvalue weighted by atomic mass is 35.5. The third-order valence-electron chi connectivity index (χ3n) is 3.97. The van der Waals surface area contributed by atoms with Crippen LogP contribution in [0.2, 0.25) is 5.02 Å². The maximum Gasteiger partial charge on any atom is 0.265 e. The van der Waals surface area contributed by atoms with Crippen molar-refractivity contribution in [2.24, 2.45) is 0 Å². The van der Waals surface area contributed by atoms with E-state index < -0.39 is 6.10 Å². The van der Waals surface area contributed by atoms with Crippen molar-refractivity contribution in [3.8, 4) is 5.75 Å². The van der Waals surface area contributed by atoms with Gasteiger partial charge in [-0.3, -0.25) is 9.48 Å². The molecule has 1 N–H and O–H groups in total. The Hall–Kier alpha value is -2.86. The Morgan fingerprint density at radius 1 is 1.30 bits per heavy atom. The lowest BCUT2D eigenvalue weighted by atomic mass is 10.2. The number of aromatic nitrogens is 2. The number of carbonyl (C=O) groups is 1. The van der Waals surface area contributed by atoms with E-state index in [9.17, 15) is 9.18 Å². The van der Waals surface area contributed by atoms with Gasteiger partial charge in [-0.05, 0) is 55.3 Å². The molecule has 140 valence electrons. The highest BCUT2D eigenvalue weighted by molar-refractivity contribution is 6.30. The second-order valence-electron chi connectivity index (χ2n) is 6.21. The summed E-state index contributed by atoms with van der Waals surface area (Å²) in [6.07, 6.45) is 2.58. The number of hydrogen-bond acceptors (Lipinski definition) is 3. The van der Waals surface area contributed by atoms with E-state index in [4.69, 9.17) is 16.3 Å². The molecular weight excluding hydrogens is 369 g/mol. The molecule has 0 fully saturated rings. The molecule has 0 bridgehead atoms. The maximum atomic E-state index is 13.0. The van der Waals surface area contributed by atoms with Crippen LogP contribution in [0.15, 0.2) is 54.9 Å². The van der Waals surface area contributed by atoms with Gasteiger partial charge in [0.25, 0.3) is 5.91 Å². The molecule has 0 saturated carbocycles. The second-order valence-corrected chi connectivity index (χ2v) is 6.65. The van der Waals surface area contributed by atoms with Crippen LogP contribution in [0.5, 0.6) is 5.75 Å². The Kier molecular flexibility index (Phi) is 5.76. The lowest BCUT2D eigenvalue weighted by molar-refractivity contribution is -0.122. The summed E-state index contributed by atoms with van der Waals surface area (Å²) in [4.78, 5) is 12.4. The van der Waals surface area contributed by atoms with Crippen LogP contribution in [0.1, 0.15) is 18.1 Å². The molecule has 0 saturated heterocycles. The molecule has 3 rings (SSSR count). The molecule has 1 aromatic heterocycles. The van der Waals surface area contributed by atoms with Crippen molar-refractivity contribution < 1.29 is 13.9 Å². The largest absolute Gasteiger partial charge is 0.481 e. The van der Waals surface area contributed by atoms with Gasteiger partial charge in [0.2, 0.25) is 0 Å². The number of amides is 1. The summed E-state index contributed by atoms with van der Waals surface area (Å²) in [5.74, 6) is 0.0387. The molecule has 1 atom stereocenters. The third-order valence-corrected chi connectivity index (χ3v) is 4.20. The zero-order valence-corrected chi connectivity index (χ0v) is 15.7. The Morgan fingerprint density at radius 3 is 2.74 bits per heavy atom. The smallest absolute Gasteiger partial charge is 0.265 e. The molecule has 0 aliphatic rings. The van der Waals surface area contributed by atoms with Gasteiger partial charge in [0.1, 0.15) is 11.6 Å². The van der Waals surface area contributed by atoms with Gasteiger partial charge < -0.3 is 10.1 Å². The van der Waals surface area contributed by atoms with Crippen LogP contribution < -0.4 is 10.1 Å². The standard InChI is InChI=1S/C20H19ClFN3O2/c1-13-9-16(21)5-8-19(13)27-14(2)20(26)24-18-10-23-25(12-18)11-15-3-6-17(22)7-4-15/h3-10,12,14H,11H2,1-2H3,(H,24,26)/t14-/m0/s1. The van der Waals surface area contributed by atoms with Crippen LogP contribution in [0, 0.1) is 12.7 Å². The number of ether oxygens (including phenoxy) is 1. The number of carbonyl (C=O) groups excluding carboxylic acids is 1. The first-order chi connectivity index (χ1) is 12.9. The predicted octanol–water partition coefficient (Wildman–Crippen LogP) is 4.44. The average molecular weight is 388 g/mol. The molecule has 0 unspecified atom stereocenters. The van der Waals surface area contributed by atoms with E-state index in [-0.39, 0.29) is 11.7 Å². The molecule has 0 aliphatic carbocycles. The summed E-state index contributed by atoms with van der Waals surface area (Å²) in [5.41, 5.74) is 2.33. The Labute approximate surface area is 161 Å². The van der Waals surface area contributed by atoms with Gasteiger partial charge in [0.15, 0.2) is 6.10 Å². The highest BCUT2D eigenvalue weighted by Gasteiger charge is 2.16. The quantitative estimate of drug-likeness (QED) is 0.680. The lowest BCUT2D eigenvalue weighted by Crippen LogP contribution is -2.30. The van der Waals surface area contributed by atoms with Crippen LogP contribution in [-0.2, 0) is 11.3 Å². The number of aryl methyl sites for hydroxylation is 1. The van der Waals surface area contributed by atoms with Crippen molar-refractivity contribution in [3.63, 3.8) is 0 Å². The molecule has 1 amide bonds. The zero-order valence-electron chi connectivity index (χ0n) is 14.9. The SMILES string of the molecule is Cc1cc(Cl)ccc1O[C@@H](C)C(=O)Nc1cnn(Cc2ccc(F)cc2)c1. The maximum absolute atomic E-state index is 13.0. The summed E-state index contributed by atoms with van der Waals surface area (Å²) >= 11 is 5.93. The van der Waals surface area contributed by atoms with Crippen molar-refractivity contribution in [2.45, 2.75) is 26.5 Å². The van der Waals surface area contributed by atoms with E-state index in [0.717, 1.165) is 11.1 Å². The molecule has 0 spiro atoms. The second kappa shape index (κ2) is 8.22. The number of benzene rings is 2. The predicted molar refractivity (Wildman–Crippen MR) is 103 cm³/mol. The van der Waals surface area contributed by atoms with E-state index in [1.807, 2.05) is 6.92 Å². The highest BCUT2D eigenvalue weighted by Crippen LogP contribution is 2.23. The number of hydrogen-bond donors (Lipinski definition) is 1. The van der Waals surface area contributed by atoms with E-state index in [2.05, 4.69) is 10.4 Å². The minimum Gasteiger partial charge on any atom is -0.481 e. The van der Waals surface area contributed by atoms with Gasteiger partial charge in [-0.25, -0.2) is 4.39 Å². The molecule has 27 heavy (non-hydrogen) atoms. The van der Waals surface area contributed by atoms with Gasteiger partial charge in [0.05, 0.1) is 18.4 Å². The van der Waals surface area contributed by atoms with Crippen molar-refractivity contribution >= 4 is 23.2 Å². The van der Waals surface area contributed by atoms with Crippen molar-refractivity contribution in [1.82, 2.24) is 9.78 Å². The first kappa shape index (κ1) is 18.9. The molecular formula is C20H19ClFN3O2. The van der Waals surface area contributed by atoms with E-state index in [0.29, 0.717) is 23.0 Å². The summed E-state index contributed by atoms with van der Waals surface area (Å²) in [7, 11) is 0. The fourth-order valence-electron chi connectivity index (χ4n) is 2.52. The normalized spacial score (nSPS) is 11.9. The van der Waals surface area contributed by atoms with Gasteiger partial charge in [-0.2, -0.15) is 5.10 Å². The van der Waals surface area contributed by atoms with Gasteiger partial charge in [0, 0.05) is 11.2 Å². The molecule has 7 heteroatoms. The van der Waals surface area contributed by atoms with Crippen LogP contribution in [0.3, 0.4) is 0 Å². The first-order valence-electron chi connectivity index (χ1n) is 8.41. The monoisotopic (exact) mass is 387 g/mol. The number of nitrogens with zero attached hydrogens (tertiary/aromatic N) is 2. The third kappa shape index (κ3) is 5.08. The average Bonchev–Trinajstić information content (AvgIpc) is 3.06. The Morgan fingerprint density at radius 2 is 2.04 bits per heavy atom. The summed E-state index contributed by atoms with van der Waals surface area (Å²) in [6.45, 7) is 4.02. The Bertz CT molecular complexity index is 941. The minimum absolute atomic E-state index is 0.280.